The summed E-state index contributed by atoms with van der Waals surface area (Å²) in [6.45, 7) is 10.4. The topological polar surface area (TPSA) is 61.4 Å². The molecule has 2 unspecified atom stereocenters. The molecule has 0 saturated carbocycles. The summed E-state index contributed by atoms with van der Waals surface area (Å²) in [6.07, 6.45) is 2.65. The van der Waals surface area contributed by atoms with Crippen LogP contribution in [0.15, 0.2) is 0 Å². The van der Waals surface area contributed by atoms with Crippen molar-refractivity contribution in [3.63, 3.8) is 0 Å². The molecule has 2 heterocycles. The Labute approximate surface area is 127 Å². The van der Waals surface area contributed by atoms with E-state index in [1.807, 2.05) is 25.7 Å². The molecule has 5 nitrogen and oxygen atoms in total. The zero-order valence-electron chi connectivity index (χ0n) is 13.7. The Morgan fingerprint density at radius 1 is 1.14 bits per heavy atom. The van der Waals surface area contributed by atoms with Crippen molar-refractivity contribution in [2.24, 2.45) is 11.3 Å². The van der Waals surface area contributed by atoms with Crippen LogP contribution >= 0.6 is 0 Å². The molecule has 21 heavy (non-hydrogen) atoms. The van der Waals surface area contributed by atoms with E-state index in [1.54, 1.807) is 0 Å². The van der Waals surface area contributed by atoms with Crippen LogP contribution in [0.1, 0.15) is 47.0 Å². The fourth-order valence-electron chi connectivity index (χ4n) is 3.23. The molecule has 0 aromatic rings. The number of hydrogen-bond acceptors (Lipinski definition) is 3. The maximum Gasteiger partial charge on any atom is 0.227 e. The molecule has 0 aromatic heterocycles. The second-order valence-corrected chi connectivity index (χ2v) is 7.46. The van der Waals surface area contributed by atoms with Crippen molar-refractivity contribution in [3.8, 4) is 0 Å². The van der Waals surface area contributed by atoms with Gasteiger partial charge in [0.1, 0.15) is 0 Å². The zero-order chi connectivity index (χ0) is 15.6. The first kappa shape index (κ1) is 16.3. The summed E-state index contributed by atoms with van der Waals surface area (Å²) in [7, 11) is 0. The number of amides is 2. The molecular formula is C16H29N3O2. The van der Waals surface area contributed by atoms with Crippen molar-refractivity contribution in [2.75, 3.05) is 19.6 Å². The summed E-state index contributed by atoms with van der Waals surface area (Å²) in [4.78, 5) is 26.4. The number of carbonyl (C=O) groups is 2. The van der Waals surface area contributed by atoms with Crippen molar-refractivity contribution in [2.45, 2.75) is 59.0 Å². The maximum absolute atomic E-state index is 12.3. The molecule has 5 heteroatoms. The fourth-order valence-corrected chi connectivity index (χ4v) is 3.23. The van der Waals surface area contributed by atoms with Crippen LogP contribution in [0.5, 0.6) is 0 Å². The third-order valence-electron chi connectivity index (χ3n) is 4.63. The van der Waals surface area contributed by atoms with E-state index in [1.165, 1.54) is 0 Å². The van der Waals surface area contributed by atoms with E-state index in [2.05, 4.69) is 17.6 Å². The molecule has 2 aliphatic rings. The summed E-state index contributed by atoms with van der Waals surface area (Å²) in [5.74, 6) is 0.480. The Morgan fingerprint density at radius 2 is 1.76 bits per heavy atom. The monoisotopic (exact) mass is 295 g/mol. The molecule has 2 fully saturated rings. The molecule has 0 bridgehead atoms. The van der Waals surface area contributed by atoms with E-state index in [0.29, 0.717) is 0 Å². The van der Waals surface area contributed by atoms with Crippen molar-refractivity contribution in [1.29, 1.82) is 0 Å². The Kier molecular flexibility index (Phi) is 4.91. The van der Waals surface area contributed by atoms with Gasteiger partial charge in [-0.3, -0.25) is 9.59 Å². The molecule has 0 aromatic carbocycles. The van der Waals surface area contributed by atoms with Crippen molar-refractivity contribution in [1.82, 2.24) is 15.5 Å². The van der Waals surface area contributed by atoms with Gasteiger partial charge >= 0.3 is 0 Å². The lowest BCUT2D eigenvalue weighted by Gasteiger charge is -2.36. The van der Waals surface area contributed by atoms with Crippen molar-refractivity contribution >= 4 is 11.8 Å². The van der Waals surface area contributed by atoms with Gasteiger partial charge in [0, 0.05) is 30.6 Å². The number of carbonyl (C=O) groups excluding carboxylic acids is 2. The predicted molar refractivity (Wildman–Crippen MR) is 82.8 cm³/mol. The Morgan fingerprint density at radius 3 is 2.24 bits per heavy atom. The number of nitrogens with one attached hydrogen (secondary N) is 2. The number of nitrogens with zero attached hydrogens (tertiary/aromatic N) is 1. The lowest BCUT2D eigenvalue weighted by Crippen LogP contribution is -2.50. The molecule has 0 spiro atoms. The van der Waals surface area contributed by atoms with E-state index in [4.69, 9.17) is 0 Å². The van der Waals surface area contributed by atoms with Crippen LogP contribution in [0.2, 0.25) is 0 Å². The second-order valence-electron chi connectivity index (χ2n) is 7.46. The molecule has 2 atom stereocenters. The van der Waals surface area contributed by atoms with Gasteiger partial charge in [0.15, 0.2) is 0 Å². The normalized spacial score (nSPS) is 27.7. The lowest BCUT2D eigenvalue weighted by atomic mass is 9.92. The van der Waals surface area contributed by atoms with Gasteiger partial charge in [-0.25, -0.2) is 0 Å². The number of hydrogen-bond donors (Lipinski definition) is 2. The Balaban J connectivity index is 1.79. The van der Waals surface area contributed by atoms with Gasteiger partial charge in [-0.05, 0) is 32.7 Å². The first-order chi connectivity index (χ1) is 9.79. The molecular weight excluding hydrogens is 266 g/mol. The molecule has 2 aliphatic heterocycles. The molecule has 0 radical (unpaired) electrons. The van der Waals surface area contributed by atoms with E-state index in [0.717, 1.165) is 38.9 Å². The maximum atomic E-state index is 12.3. The molecule has 120 valence electrons. The third kappa shape index (κ3) is 3.96. The molecule has 2 saturated heterocycles. The first-order valence-corrected chi connectivity index (χ1v) is 8.12. The van der Waals surface area contributed by atoms with E-state index < -0.39 is 0 Å². The molecule has 2 rings (SSSR count). The lowest BCUT2D eigenvalue weighted by molar-refractivity contribution is -0.140. The minimum absolute atomic E-state index is 0.0965. The molecule has 0 aliphatic carbocycles. The van der Waals surface area contributed by atoms with Crippen LogP contribution in [0, 0.1) is 11.3 Å². The highest BCUT2D eigenvalue weighted by Gasteiger charge is 2.33. The van der Waals surface area contributed by atoms with Crippen LogP contribution < -0.4 is 10.6 Å². The van der Waals surface area contributed by atoms with Gasteiger partial charge in [-0.15, -0.1) is 0 Å². The first-order valence-electron chi connectivity index (χ1n) is 8.12. The van der Waals surface area contributed by atoms with Gasteiger partial charge in [-0.1, -0.05) is 20.8 Å². The summed E-state index contributed by atoms with van der Waals surface area (Å²) >= 11 is 0. The van der Waals surface area contributed by atoms with Crippen LogP contribution in [-0.4, -0.2) is 48.4 Å². The van der Waals surface area contributed by atoms with Gasteiger partial charge in [0.2, 0.25) is 11.8 Å². The third-order valence-corrected chi connectivity index (χ3v) is 4.63. The summed E-state index contributed by atoms with van der Waals surface area (Å²) in [5.41, 5.74) is -0.318. The van der Waals surface area contributed by atoms with Gasteiger partial charge < -0.3 is 15.5 Å². The van der Waals surface area contributed by atoms with E-state index in [9.17, 15) is 9.59 Å². The highest BCUT2D eigenvalue weighted by molar-refractivity contribution is 5.82. The fraction of sp³-hybridized carbons (Fsp3) is 0.875. The number of piperidine rings is 1. The van der Waals surface area contributed by atoms with Crippen LogP contribution in [0.25, 0.3) is 0 Å². The van der Waals surface area contributed by atoms with Crippen LogP contribution in [0.3, 0.4) is 0 Å². The zero-order valence-corrected chi connectivity index (χ0v) is 13.7. The summed E-state index contributed by atoms with van der Waals surface area (Å²) in [5, 5.41) is 6.49. The smallest absolute Gasteiger partial charge is 0.227 e. The standard InChI is InChI=1S/C16H29N3O2/c1-11-13(5-8-17-11)14(20)18-12-6-9-19(10-7-12)15(21)16(2,3)4/h11-13,17H,5-10H2,1-4H3,(H,18,20). The SMILES string of the molecule is CC1NCCC1C(=O)NC1CCN(C(=O)C(C)(C)C)CC1. The summed E-state index contributed by atoms with van der Waals surface area (Å²) < 4.78 is 0. The highest BCUT2D eigenvalue weighted by atomic mass is 16.2. The van der Waals surface area contributed by atoms with Crippen molar-refractivity contribution < 1.29 is 9.59 Å². The van der Waals surface area contributed by atoms with Gasteiger partial charge in [0.25, 0.3) is 0 Å². The average molecular weight is 295 g/mol. The second kappa shape index (κ2) is 6.34. The Hall–Kier alpha value is -1.10. The van der Waals surface area contributed by atoms with E-state index in [-0.39, 0.29) is 35.2 Å². The minimum atomic E-state index is -0.318. The highest BCUT2D eigenvalue weighted by Crippen LogP contribution is 2.22. The van der Waals surface area contributed by atoms with Crippen LogP contribution in [-0.2, 0) is 9.59 Å². The van der Waals surface area contributed by atoms with Gasteiger partial charge in [0.05, 0.1) is 5.92 Å². The molecule has 2 N–H and O–H groups in total. The number of rotatable bonds is 2. The minimum Gasteiger partial charge on any atom is -0.353 e. The Bertz CT molecular complexity index is 395. The largest absolute Gasteiger partial charge is 0.353 e. The molecule has 2 amide bonds. The van der Waals surface area contributed by atoms with Gasteiger partial charge in [-0.2, -0.15) is 0 Å². The quantitative estimate of drug-likeness (QED) is 0.803. The predicted octanol–water partition coefficient (Wildman–Crippen LogP) is 1.14. The van der Waals surface area contributed by atoms with Crippen molar-refractivity contribution in [3.05, 3.63) is 0 Å². The van der Waals surface area contributed by atoms with Crippen LogP contribution in [0.4, 0.5) is 0 Å². The summed E-state index contributed by atoms with van der Waals surface area (Å²) in [6, 6.07) is 0.488. The average Bonchev–Trinajstić information content (AvgIpc) is 2.84. The number of likely N-dealkylation sites (tertiary alicyclic amines) is 1. The van der Waals surface area contributed by atoms with E-state index >= 15 is 0 Å².